The summed E-state index contributed by atoms with van der Waals surface area (Å²) in [7, 11) is 0. The summed E-state index contributed by atoms with van der Waals surface area (Å²) in [5.41, 5.74) is 1.44. The highest BCUT2D eigenvalue weighted by molar-refractivity contribution is 7.14. The zero-order chi connectivity index (χ0) is 13.7. The number of thiophene rings is 1. The predicted octanol–water partition coefficient (Wildman–Crippen LogP) is 2.95. The molecule has 0 saturated heterocycles. The second-order valence-electron chi connectivity index (χ2n) is 3.88. The van der Waals surface area contributed by atoms with Crippen LogP contribution < -0.4 is 10.1 Å². The molecule has 1 N–H and O–H groups in total. The van der Waals surface area contributed by atoms with E-state index in [0.29, 0.717) is 16.3 Å². The maximum Gasteiger partial charge on any atom is 0.262 e. The highest BCUT2D eigenvalue weighted by Crippen LogP contribution is 2.22. The molecule has 0 bridgehead atoms. The summed E-state index contributed by atoms with van der Waals surface area (Å²) < 4.78 is 5.43. The fourth-order valence-electron chi connectivity index (χ4n) is 1.52. The number of ether oxygens (including phenoxy) is 1. The summed E-state index contributed by atoms with van der Waals surface area (Å²) in [4.78, 5) is 11.7. The Morgan fingerprint density at radius 3 is 2.95 bits per heavy atom. The van der Waals surface area contributed by atoms with Crippen molar-refractivity contribution in [2.75, 3.05) is 11.9 Å². The van der Waals surface area contributed by atoms with Gasteiger partial charge in [-0.05, 0) is 30.0 Å². The van der Waals surface area contributed by atoms with E-state index in [0.717, 1.165) is 5.56 Å². The molecule has 0 fully saturated rings. The number of benzene rings is 1. The molecular formula is C14H12N2O2S. The van der Waals surface area contributed by atoms with Gasteiger partial charge in [-0.2, -0.15) is 5.26 Å². The topological polar surface area (TPSA) is 62.1 Å². The van der Waals surface area contributed by atoms with Crippen molar-refractivity contribution in [2.45, 2.75) is 6.92 Å². The van der Waals surface area contributed by atoms with Crippen molar-refractivity contribution in [3.05, 3.63) is 46.8 Å². The molecule has 0 spiro atoms. The molecule has 1 aromatic carbocycles. The Morgan fingerprint density at radius 2 is 2.21 bits per heavy atom. The quantitative estimate of drug-likeness (QED) is 0.930. The van der Waals surface area contributed by atoms with Crippen LogP contribution in [-0.4, -0.2) is 12.5 Å². The van der Waals surface area contributed by atoms with Gasteiger partial charge in [0.15, 0.2) is 6.61 Å². The second-order valence-corrected chi connectivity index (χ2v) is 4.79. The lowest BCUT2D eigenvalue weighted by Crippen LogP contribution is -2.20. The zero-order valence-electron chi connectivity index (χ0n) is 10.3. The average Bonchev–Trinajstić information content (AvgIpc) is 2.85. The van der Waals surface area contributed by atoms with Crippen LogP contribution in [0.2, 0.25) is 0 Å². The van der Waals surface area contributed by atoms with Gasteiger partial charge in [-0.15, -0.1) is 11.3 Å². The number of nitrogens with one attached hydrogen (secondary N) is 1. The lowest BCUT2D eigenvalue weighted by atomic mass is 10.2. The van der Waals surface area contributed by atoms with E-state index < -0.39 is 0 Å². The Labute approximate surface area is 115 Å². The zero-order valence-corrected chi connectivity index (χ0v) is 11.2. The van der Waals surface area contributed by atoms with E-state index >= 15 is 0 Å². The van der Waals surface area contributed by atoms with Crippen LogP contribution >= 0.6 is 11.3 Å². The van der Waals surface area contributed by atoms with E-state index in [2.05, 4.69) is 5.32 Å². The Morgan fingerprint density at radius 1 is 1.42 bits per heavy atom. The van der Waals surface area contributed by atoms with Gasteiger partial charge in [0.05, 0.1) is 5.56 Å². The molecule has 0 aliphatic carbocycles. The molecule has 0 atom stereocenters. The normalized spacial score (nSPS) is 9.68. The van der Waals surface area contributed by atoms with Crippen LogP contribution in [0.3, 0.4) is 0 Å². The molecule has 4 nitrogen and oxygen atoms in total. The predicted molar refractivity (Wildman–Crippen MR) is 74.3 cm³/mol. The first kappa shape index (κ1) is 13.1. The number of nitrogens with zero attached hydrogens (tertiary/aromatic N) is 1. The molecule has 0 saturated carbocycles. The third kappa shape index (κ3) is 3.33. The first-order chi connectivity index (χ1) is 9.20. The van der Waals surface area contributed by atoms with Crippen molar-refractivity contribution in [2.24, 2.45) is 0 Å². The van der Waals surface area contributed by atoms with Crippen molar-refractivity contribution in [1.82, 2.24) is 0 Å². The first-order valence-electron chi connectivity index (χ1n) is 5.66. The van der Waals surface area contributed by atoms with Crippen LogP contribution in [0.15, 0.2) is 35.7 Å². The van der Waals surface area contributed by atoms with E-state index in [1.54, 1.807) is 11.4 Å². The van der Waals surface area contributed by atoms with Crippen LogP contribution in [0.25, 0.3) is 0 Å². The highest BCUT2D eigenvalue weighted by atomic mass is 32.1. The number of rotatable bonds is 4. The van der Waals surface area contributed by atoms with Gasteiger partial charge < -0.3 is 10.1 Å². The highest BCUT2D eigenvalue weighted by Gasteiger charge is 2.09. The number of amides is 1. The SMILES string of the molecule is Cc1ccccc1OCC(=O)Nc1sccc1C#N. The fourth-order valence-corrected chi connectivity index (χ4v) is 2.27. The third-order valence-electron chi connectivity index (χ3n) is 2.49. The summed E-state index contributed by atoms with van der Waals surface area (Å²) in [6.45, 7) is 1.84. The lowest BCUT2D eigenvalue weighted by Gasteiger charge is -2.08. The van der Waals surface area contributed by atoms with Gasteiger partial charge >= 0.3 is 0 Å². The number of carbonyl (C=O) groups excluding carboxylic acids is 1. The van der Waals surface area contributed by atoms with Crippen molar-refractivity contribution in [3.8, 4) is 11.8 Å². The molecule has 1 amide bonds. The summed E-state index contributed by atoms with van der Waals surface area (Å²) in [5.74, 6) is 0.409. The summed E-state index contributed by atoms with van der Waals surface area (Å²) in [6.07, 6.45) is 0. The minimum absolute atomic E-state index is 0.0758. The van der Waals surface area contributed by atoms with E-state index in [4.69, 9.17) is 10.00 Å². The minimum Gasteiger partial charge on any atom is -0.483 e. The lowest BCUT2D eigenvalue weighted by molar-refractivity contribution is -0.118. The number of aryl methyl sites for hydroxylation is 1. The van der Waals surface area contributed by atoms with Crippen LogP contribution in [0.5, 0.6) is 5.75 Å². The number of hydrogen-bond donors (Lipinski definition) is 1. The van der Waals surface area contributed by atoms with Gasteiger partial charge in [0, 0.05) is 0 Å². The monoisotopic (exact) mass is 272 g/mol. The van der Waals surface area contributed by atoms with Crippen LogP contribution in [0.4, 0.5) is 5.00 Å². The minimum atomic E-state index is -0.276. The van der Waals surface area contributed by atoms with Crippen molar-refractivity contribution in [1.29, 1.82) is 5.26 Å². The molecule has 5 heteroatoms. The maximum absolute atomic E-state index is 11.7. The Bertz CT molecular complexity index is 628. The summed E-state index contributed by atoms with van der Waals surface area (Å²) in [6, 6.07) is 11.2. The molecule has 19 heavy (non-hydrogen) atoms. The third-order valence-corrected chi connectivity index (χ3v) is 3.32. The molecular weight excluding hydrogens is 260 g/mol. The van der Waals surface area contributed by atoms with Gasteiger partial charge in [-0.3, -0.25) is 4.79 Å². The fraction of sp³-hybridized carbons (Fsp3) is 0.143. The maximum atomic E-state index is 11.7. The molecule has 0 unspecified atom stereocenters. The second kappa shape index (κ2) is 6.03. The molecule has 2 rings (SSSR count). The van der Waals surface area contributed by atoms with Gasteiger partial charge in [0.1, 0.15) is 16.8 Å². The molecule has 1 aromatic heterocycles. The molecule has 1 heterocycles. The van der Waals surface area contributed by atoms with Crippen molar-refractivity contribution < 1.29 is 9.53 Å². The number of para-hydroxylation sites is 1. The van der Waals surface area contributed by atoms with Crippen LogP contribution in [-0.2, 0) is 4.79 Å². The van der Waals surface area contributed by atoms with Crippen LogP contribution in [0.1, 0.15) is 11.1 Å². The van der Waals surface area contributed by atoms with E-state index in [9.17, 15) is 4.79 Å². The van der Waals surface area contributed by atoms with Gasteiger partial charge in [0.2, 0.25) is 0 Å². The van der Waals surface area contributed by atoms with Crippen molar-refractivity contribution >= 4 is 22.2 Å². The number of carbonyl (C=O) groups is 1. The molecule has 0 aliphatic heterocycles. The average molecular weight is 272 g/mol. The standard InChI is InChI=1S/C14H12N2O2S/c1-10-4-2-3-5-12(10)18-9-13(17)16-14-11(8-15)6-7-19-14/h2-7H,9H2,1H3,(H,16,17). The molecule has 0 radical (unpaired) electrons. The van der Waals surface area contributed by atoms with Gasteiger partial charge in [-0.25, -0.2) is 0 Å². The Kier molecular flexibility index (Phi) is 4.16. The van der Waals surface area contributed by atoms with Gasteiger partial charge in [0.25, 0.3) is 5.91 Å². The van der Waals surface area contributed by atoms with E-state index in [1.165, 1.54) is 11.3 Å². The molecule has 0 aliphatic rings. The largest absolute Gasteiger partial charge is 0.483 e. The van der Waals surface area contributed by atoms with Crippen LogP contribution in [0, 0.1) is 18.3 Å². The Hall–Kier alpha value is -2.32. The van der Waals surface area contributed by atoms with Crippen molar-refractivity contribution in [3.63, 3.8) is 0 Å². The summed E-state index contributed by atoms with van der Waals surface area (Å²) >= 11 is 1.32. The van der Waals surface area contributed by atoms with E-state index in [-0.39, 0.29) is 12.5 Å². The Balaban J connectivity index is 1.93. The molecule has 96 valence electrons. The molecule has 2 aromatic rings. The number of nitriles is 1. The smallest absolute Gasteiger partial charge is 0.262 e. The van der Waals surface area contributed by atoms with E-state index in [1.807, 2.05) is 37.3 Å². The number of hydrogen-bond acceptors (Lipinski definition) is 4. The first-order valence-corrected chi connectivity index (χ1v) is 6.54. The number of anilines is 1. The van der Waals surface area contributed by atoms with Gasteiger partial charge in [-0.1, -0.05) is 18.2 Å². The summed E-state index contributed by atoms with van der Waals surface area (Å²) in [5, 5.41) is 13.8.